The van der Waals surface area contributed by atoms with Gasteiger partial charge in [0, 0.05) is 12.8 Å². The number of nitrogens with one attached hydrogen (secondary N) is 3. The Labute approximate surface area is 179 Å². The first-order valence-electron chi connectivity index (χ1n) is 9.66. The molecule has 0 saturated carbocycles. The maximum absolute atomic E-state index is 12.5. The molecule has 4 atom stereocenters. The molecule has 1 aromatic carbocycles. The first-order chi connectivity index (χ1) is 14.5. The van der Waals surface area contributed by atoms with Crippen molar-refractivity contribution in [3.63, 3.8) is 0 Å². The number of rotatable bonds is 12. The summed E-state index contributed by atoms with van der Waals surface area (Å²) < 4.78 is 0. The number of carboxylic acids is 2. The SMILES string of the molecule is CC(N)C(=O)NC(CCC(=O)O)C(=O)NC(C)C(=O)NC(Cc1ccccc1)C(=O)O. The lowest BCUT2D eigenvalue weighted by atomic mass is 10.1. The lowest BCUT2D eigenvalue weighted by Gasteiger charge is -2.23. The maximum Gasteiger partial charge on any atom is 0.326 e. The molecule has 0 heterocycles. The number of hydrogen-bond donors (Lipinski definition) is 6. The average molecular weight is 436 g/mol. The molecule has 0 saturated heterocycles. The lowest BCUT2D eigenvalue weighted by Crippen LogP contribution is -2.56. The van der Waals surface area contributed by atoms with Gasteiger partial charge in [0.2, 0.25) is 17.7 Å². The zero-order valence-corrected chi connectivity index (χ0v) is 17.3. The fourth-order valence-electron chi connectivity index (χ4n) is 2.57. The molecule has 1 aromatic rings. The van der Waals surface area contributed by atoms with Crippen LogP contribution in [-0.4, -0.2) is 64.0 Å². The van der Waals surface area contributed by atoms with Crippen molar-refractivity contribution in [3.05, 3.63) is 35.9 Å². The Hall–Kier alpha value is -3.47. The lowest BCUT2D eigenvalue weighted by molar-refractivity contribution is -0.142. The molecule has 0 aliphatic heterocycles. The molecule has 4 unspecified atom stereocenters. The number of amides is 3. The molecular formula is C20H28N4O7. The van der Waals surface area contributed by atoms with E-state index in [4.69, 9.17) is 10.8 Å². The minimum atomic E-state index is -1.24. The van der Waals surface area contributed by atoms with E-state index in [2.05, 4.69) is 16.0 Å². The van der Waals surface area contributed by atoms with E-state index in [1.165, 1.54) is 13.8 Å². The molecule has 0 fully saturated rings. The van der Waals surface area contributed by atoms with E-state index in [1.807, 2.05) is 0 Å². The topological polar surface area (TPSA) is 188 Å². The normalized spacial score (nSPS) is 14.4. The van der Waals surface area contributed by atoms with Crippen molar-refractivity contribution in [2.45, 2.75) is 57.3 Å². The molecule has 0 radical (unpaired) electrons. The van der Waals surface area contributed by atoms with Crippen molar-refractivity contribution < 1.29 is 34.2 Å². The van der Waals surface area contributed by atoms with Crippen LogP contribution in [0.4, 0.5) is 0 Å². The van der Waals surface area contributed by atoms with Gasteiger partial charge < -0.3 is 31.9 Å². The van der Waals surface area contributed by atoms with E-state index in [0.29, 0.717) is 5.56 Å². The third-order valence-electron chi connectivity index (χ3n) is 4.34. The summed E-state index contributed by atoms with van der Waals surface area (Å²) >= 11 is 0. The summed E-state index contributed by atoms with van der Waals surface area (Å²) in [5, 5.41) is 25.3. The fraction of sp³-hybridized carbons (Fsp3) is 0.450. The molecule has 31 heavy (non-hydrogen) atoms. The van der Waals surface area contributed by atoms with Crippen LogP contribution in [0.15, 0.2) is 30.3 Å². The Morgan fingerprint density at radius 3 is 1.97 bits per heavy atom. The van der Waals surface area contributed by atoms with Crippen molar-refractivity contribution in [2.75, 3.05) is 0 Å². The van der Waals surface area contributed by atoms with Gasteiger partial charge in [0.1, 0.15) is 18.1 Å². The molecule has 1 rings (SSSR count). The summed E-state index contributed by atoms with van der Waals surface area (Å²) in [6, 6.07) is 4.22. The Morgan fingerprint density at radius 2 is 1.45 bits per heavy atom. The summed E-state index contributed by atoms with van der Waals surface area (Å²) in [4.78, 5) is 59.0. The second-order valence-corrected chi connectivity index (χ2v) is 7.10. The van der Waals surface area contributed by atoms with Crippen LogP contribution in [0.5, 0.6) is 0 Å². The highest BCUT2D eigenvalue weighted by Gasteiger charge is 2.28. The van der Waals surface area contributed by atoms with Gasteiger partial charge in [-0.3, -0.25) is 19.2 Å². The highest BCUT2D eigenvalue weighted by molar-refractivity contribution is 5.94. The van der Waals surface area contributed by atoms with Crippen molar-refractivity contribution >= 4 is 29.7 Å². The third kappa shape index (κ3) is 9.26. The van der Waals surface area contributed by atoms with Crippen molar-refractivity contribution in [2.24, 2.45) is 5.73 Å². The maximum atomic E-state index is 12.5. The minimum absolute atomic E-state index is 0.0499. The predicted octanol–water partition coefficient (Wildman–Crippen LogP) is -1.000. The van der Waals surface area contributed by atoms with Crippen LogP contribution in [0.3, 0.4) is 0 Å². The largest absolute Gasteiger partial charge is 0.481 e. The second kappa shape index (κ2) is 12.3. The number of nitrogens with two attached hydrogens (primary N) is 1. The highest BCUT2D eigenvalue weighted by atomic mass is 16.4. The van der Waals surface area contributed by atoms with Gasteiger partial charge in [-0.05, 0) is 25.8 Å². The van der Waals surface area contributed by atoms with Gasteiger partial charge in [0.05, 0.1) is 6.04 Å². The van der Waals surface area contributed by atoms with E-state index < -0.39 is 60.2 Å². The molecular weight excluding hydrogens is 408 g/mol. The molecule has 7 N–H and O–H groups in total. The molecule has 11 heteroatoms. The number of carbonyl (C=O) groups excluding carboxylic acids is 3. The molecule has 0 aromatic heterocycles. The van der Waals surface area contributed by atoms with Crippen LogP contribution in [0.25, 0.3) is 0 Å². The smallest absolute Gasteiger partial charge is 0.326 e. The number of hydrogen-bond acceptors (Lipinski definition) is 6. The van der Waals surface area contributed by atoms with E-state index in [1.54, 1.807) is 30.3 Å². The molecule has 0 aliphatic carbocycles. The van der Waals surface area contributed by atoms with E-state index in [9.17, 15) is 29.1 Å². The summed E-state index contributed by atoms with van der Waals surface area (Å²) in [5.41, 5.74) is 6.16. The second-order valence-electron chi connectivity index (χ2n) is 7.10. The standard InChI is InChI=1S/C20H28N4O7/c1-11(21)17(27)23-14(8-9-16(25)26)19(29)22-12(2)18(28)24-15(20(30)31)10-13-6-4-3-5-7-13/h3-7,11-12,14-15H,8-10,21H2,1-2H3,(H,22,29)(H,23,27)(H,24,28)(H,25,26)(H,30,31). The monoisotopic (exact) mass is 436 g/mol. The Kier molecular flexibility index (Phi) is 10.1. The van der Waals surface area contributed by atoms with Gasteiger partial charge in [-0.25, -0.2) is 4.79 Å². The van der Waals surface area contributed by atoms with Crippen LogP contribution in [-0.2, 0) is 30.4 Å². The van der Waals surface area contributed by atoms with Gasteiger partial charge in [-0.2, -0.15) is 0 Å². The molecule has 0 bridgehead atoms. The third-order valence-corrected chi connectivity index (χ3v) is 4.34. The van der Waals surface area contributed by atoms with E-state index in [-0.39, 0.29) is 12.8 Å². The van der Waals surface area contributed by atoms with Gasteiger partial charge in [0.25, 0.3) is 0 Å². The highest BCUT2D eigenvalue weighted by Crippen LogP contribution is 2.05. The molecule has 11 nitrogen and oxygen atoms in total. The average Bonchev–Trinajstić information content (AvgIpc) is 2.70. The predicted molar refractivity (Wildman–Crippen MR) is 110 cm³/mol. The van der Waals surface area contributed by atoms with Crippen LogP contribution in [0, 0.1) is 0 Å². The number of carbonyl (C=O) groups is 5. The van der Waals surface area contributed by atoms with Gasteiger partial charge >= 0.3 is 11.9 Å². The van der Waals surface area contributed by atoms with Gasteiger partial charge in [0.15, 0.2) is 0 Å². The van der Waals surface area contributed by atoms with E-state index >= 15 is 0 Å². The summed E-state index contributed by atoms with van der Waals surface area (Å²) in [7, 11) is 0. The first kappa shape index (κ1) is 25.6. The molecule has 0 aliphatic rings. The molecule has 3 amide bonds. The minimum Gasteiger partial charge on any atom is -0.481 e. The van der Waals surface area contributed by atoms with Crippen molar-refractivity contribution in [1.29, 1.82) is 0 Å². The number of carboxylic acid groups (broad SMARTS) is 2. The summed E-state index contributed by atoms with van der Waals surface area (Å²) in [5.74, 6) is -4.58. The van der Waals surface area contributed by atoms with Gasteiger partial charge in [-0.15, -0.1) is 0 Å². The fourth-order valence-corrected chi connectivity index (χ4v) is 2.57. The Bertz CT molecular complexity index is 798. The van der Waals surface area contributed by atoms with Crippen LogP contribution >= 0.6 is 0 Å². The van der Waals surface area contributed by atoms with Crippen LogP contribution in [0.2, 0.25) is 0 Å². The number of benzene rings is 1. The quantitative estimate of drug-likeness (QED) is 0.240. The molecule has 170 valence electrons. The van der Waals surface area contributed by atoms with Crippen molar-refractivity contribution in [3.8, 4) is 0 Å². The zero-order chi connectivity index (χ0) is 23.6. The van der Waals surface area contributed by atoms with Crippen LogP contribution in [0.1, 0.15) is 32.3 Å². The summed E-state index contributed by atoms with van der Waals surface area (Å²) in [6.45, 7) is 2.74. The zero-order valence-electron chi connectivity index (χ0n) is 17.3. The van der Waals surface area contributed by atoms with E-state index in [0.717, 1.165) is 0 Å². The summed E-state index contributed by atoms with van der Waals surface area (Å²) in [6.07, 6.45) is -0.552. The Morgan fingerprint density at radius 1 is 0.871 bits per heavy atom. The first-order valence-corrected chi connectivity index (χ1v) is 9.66. The Balaban J connectivity index is 2.76. The molecule has 0 spiro atoms. The van der Waals surface area contributed by atoms with Gasteiger partial charge in [-0.1, -0.05) is 30.3 Å². The number of aliphatic carboxylic acids is 2. The van der Waals surface area contributed by atoms with Crippen LogP contribution < -0.4 is 21.7 Å². The van der Waals surface area contributed by atoms with Crippen molar-refractivity contribution in [1.82, 2.24) is 16.0 Å².